The Balaban J connectivity index is 0.664. The van der Waals surface area contributed by atoms with Crippen LogP contribution in [-0.2, 0) is 55.4 Å². The molecule has 0 spiro atoms. The Morgan fingerprint density at radius 2 is 1.53 bits per heavy atom. The first kappa shape index (κ1) is 50.4. The molecule has 4 atom stereocenters. The average molecular weight is 1060 g/mol. The van der Waals surface area contributed by atoms with E-state index in [9.17, 15) is 36.4 Å². The highest BCUT2D eigenvalue weighted by atomic mass is 32.2. The van der Waals surface area contributed by atoms with Gasteiger partial charge in [-0.05, 0) is 94.0 Å². The maximum absolute atomic E-state index is 13.8. The minimum absolute atomic E-state index is 0.0770. The highest BCUT2D eigenvalue weighted by Crippen LogP contribution is 2.49. The molecule has 1 unspecified atom stereocenters. The number of Topliss-reactive ketones (excluding diaryl/α,β-unsaturated/α-hetero) is 1. The van der Waals surface area contributed by atoms with E-state index in [1.54, 1.807) is 10.9 Å². The first-order chi connectivity index (χ1) is 36.3. The van der Waals surface area contributed by atoms with Gasteiger partial charge in [-0.2, -0.15) is 0 Å². The number of hydrogen-bond acceptors (Lipinski definition) is 16. The van der Waals surface area contributed by atoms with Crippen molar-refractivity contribution in [2.24, 2.45) is 0 Å². The van der Waals surface area contributed by atoms with Crippen LogP contribution in [-0.4, -0.2) is 139 Å². The lowest BCUT2D eigenvalue weighted by Crippen LogP contribution is -2.45. The van der Waals surface area contributed by atoms with Crippen LogP contribution in [0.5, 0.6) is 11.5 Å². The molecular formula is C54H65N9O10S2. The molecule has 3 aromatic carbocycles. The molecular weight excluding hydrogens is 999 g/mol. The van der Waals surface area contributed by atoms with Crippen molar-refractivity contribution in [1.82, 2.24) is 33.7 Å². The van der Waals surface area contributed by atoms with Crippen LogP contribution in [0.2, 0.25) is 0 Å². The van der Waals surface area contributed by atoms with E-state index in [0.29, 0.717) is 79.2 Å². The number of aryl methyl sites for hydroxylation is 2. The predicted octanol–water partition coefficient (Wildman–Crippen LogP) is 3.18. The zero-order valence-electron chi connectivity index (χ0n) is 42.1. The van der Waals surface area contributed by atoms with Gasteiger partial charge in [-0.25, -0.2) is 41.1 Å². The molecule has 19 nitrogen and oxygen atoms in total. The number of carbonyl (C=O) groups excluding carboxylic acids is 1. The van der Waals surface area contributed by atoms with Crippen molar-refractivity contribution in [2.45, 2.75) is 137 Å². The number of aliphatic hydroxyl groups excluding tert-OH is 2. The van der Waals surface area contributed by atoms with Crippen molar-refractivity contribution in [3.8, 4) is 11.5 Å². The van der Waals surface area contributed by atoms with Crippen LogP contribution in [0, 0.1) is 0 Å². The molecule has 2 aromatic heterocycles. The van der Waals surface area contributed by atoms with E-state index in [0.717, 1.165) is 138 Å². The largest absolute Gasteiger partial charge is 0.744 e. The molecule has 75 heavy (non-hydrogen) atoms. The summed E-state index contributed by atoms with van der Waals surface area (Å²) in [5, 5.41) is 26.6. The van der Waals surface area contributed by atoms with Gasteiger partial charge in [0, 0.05) is 110 Å². The fourth-order valence-electron chi connectivity index (χ4n) is 12.5. The third kappa shape index (κ3) is 9.76. The summed E-state index contributed by atoms with van der Waals surface area (Å²) in [7, 11) is -9.41. The van der Waals surface area contributed by atoms with Gasteiger partial charge in [-0.15, -0.1) is 0 Å². The number of anilines is 2. The minimum Gasteiger partial charge on any atom is -0.744 e. The van der Waals surface area contributed by atoms with Gasteiger partial charge >= 0.3 is 0 Å². The Morgan fingerprint density at radius 3 is 2.32 bits per heavy atom. The summed E-state index contributed by atoms with van der Waals surface area (Å²) in [6.07, 6.45) is 11.6. The first-order valence-electron chi connectivity index (χ1n) is 27.0. The van der Waals surface area contributed by atoms with E-state index < -0.39 is 49.6 Å². The van der Waals surface area contributed by atoms with Crippen LogP contribution in [0.25, 0.3) is 16.7 Å². The Labute approximate surface area is 436 Å². The number of benzene rings is 3. The molecule has 2 fully saturated rings. The highest BCUT2D eigenvalue weighted by molar-refractivity contribution is 7.89. The fraction of sp³-hybridized carbons (Fsp3) is 0.537. The lowest BCUT2D eigenvalue weighted by Gasteiger charge is -2.39. The molecule has 7 aliphatic rings. The molecule has 0 saturated carbocycles. The van der Waals surface area contributed by atoms with Gasteiger partial charge in [0.25, 0.3) is 0 Å². The lowest BCUT2D eigenvalue weighted by atomic mass is 9.82. The molecule has 398 valence electrons. The van der Waals surface area contributed by atoms with Gasteiger partial charge in [0.2, 0.25) is 15.4 Å². The molecule has 0 radical (unpaired) electrons. The first-order valence-corrected chi connectivity index (χ1v) is 29.9. The molecule has 7 aliphatic heterocycles. The number of fused-ring (bicyclic) bond motifs is 5. The summed E-state index contributed by atoms with van der Waals surface area (Å²) in [6.45, 7) is 7.01. The number of nitrogens with one attached hydrogen (secondary N) is 2. The number of aromatic nitrogens is 4. The van der Waals surface area contributed by atoms with Crippen molar-refractivity contribution >= 4 is 54.2 Å². The molecule has 0 bridgehead atoms. The predicted molar refractivity (Wildman–Crippen MR) is 278 cm³/mol. The van der Waals surface area contributed by atoms with Crippen LogP contribution in [0.3, 0.4) is 0 Å². The Morgan fingerprint density at radius 1 is 0.787 bits per heavy atom. The van der Waals surface area contributed by atoms with Gasteiger partial charge in [-0.3, -0.25) is 14.3 Å². The summed E-state index contributed by atoms with van der Waals surface area (Å²) in [4.78, 5) is 29.7. The summed E-state index contributed by atoms with van der Waals surface area (Å²) in [6, 6.07) is 8.15. The highest BCUT2D eigenvalue weighted by Gasteiger charge is 2.46. The van der Waals surface area contributed by atoms with E-state index in [1.165, 1.54) is 40.6 Å². The van der Waals surface area contributed by atoms with Crippen LogP contribution in [0.4, 0.5) is 11.5 Å². The summed E-state index contributed by atoms with van der Waals surface area (Å²) in [5.41, 5.74) is 8.29. The second-order valence-electron chi connectivity index (χ2n) is 21.3. The summed E-state index contributed by atoms with van der Waals surface area (Å²) >= 11 is 0. The van der Waals surface area contributed by atoms with Gasteiger partial charge in [0.15, 0.2) is 23.2 Å². The number of rotatable bonds is 20. The van der Waals surface area contributed by atoms with E-state index >= 15 is 0 Å². The molecule has 9 heterocycles. The van der Waals surface area contributed by atoms with Crippen molar-refractivity contribution in [3.63, 3.8) is 0 Å². The Bertz CT molecular complexity index is 3450. The fourth-order valence-corrected chi connectivity index (χ4v) is 14.4. The van der Waals surface area contributed by atoms with Crippen LogP contribution >= 0.6 is 0 Å². The van der Waals surface area contributed by atoms with E-state index in [-0.39, 0.29) is 22.8 Å². The van der Waals surface area contributed by atoms with Gasteiger partial charge in [0.05, 0.1) is 21.7 Å². The number of aliphatic hydroxyl groups is 2. The second-order valence-corrected chi connectivity index (χ2v) is 24.4. The molecule has 0 aliphatic carbocycles. The summed E-state index contributed by atoms with van der Waals surface area (Å²) in [5.74, 6) is 2.10. The Hall–Kier alpha value is -5.39. The molecule has 4 N–H and O–H groups in total. The molecule has 5 aromatic rings. The number of imidazole rings is 1. The zero-order valence-corrected chi connectivity index (χ0v) is 43.8. The van der Waals surface area contributed by atoms with Crippen molar-refractivity contribution in [2.75, 3.05) is 69.1 Å². The van der Waals surface area contributed by atoms with E-state index in [4.69, 9.17) is 9.47 Å². The van der Waals surface area contributed by atoms with Crippen LogP contribution < -0.4 is 34.8 Å². The minimum atomic E-state index is -5.19. The smallest absolute Gasteiger partial charge is 0.240 e. The molecule has 2 saturated heterocycles. The van der Waals surface area contributed by atoms with E-state index in [2.05, 4.69) is 51.5 Å². The van der Waals surface area contributed by atoms with Gasteiger partial charge in [-0.1, -0.05) is 18.9 Å². The molecule has 0 amide bonds. The number of hydrogen-bond donors (Lipinski definition) is 4. The number of carbonyl (C=O) groups is 1. The number of unbranched alkanes of at least 4 members (excludes halogenated alkanes) is 4. The SMILES string of the molecule is O=C(CCCCCNc1ncnc2c1ncn2[C@@H]1O[C@H](CN2CC2)C(O)[C@@H]1O)CCCCCNS(=O)(=O)c1ccc(C2=c3cc4c5c(c3Oc3c2cc2c6c3CCCN6CCC2)CCC[N+]=5CCC4)c(S(=O)(=O)[O-])c1. The maximum Gasteiger partial charge on any atom is 0.240 e. The monoisotopic (exact) mass is 1060 g/mol. The van der Waals surface area contributed by atoms with Crippen molar-refractivity contribution < 1.29 is 45.9 Å². The number of ether oxygens (including phenoxy) is 2. The number of nitrogens with zero attached hydrogens (tertiary/aromatic N) is 7. The maximum atomic E-state index is 13.8. The van der Waals surface area contributed by atoms with Gasteiger partial charge in [0.1, 0.15) is 65.1 Å². The van der Waals surface area contributed by atoms with Crippen molar-refractivity contribution in [1.29, 1.82) is 0 Å². The molecule has 12 rings (SSSR count). The quantitative estimate of drug-likeness (QED) is 0.0371. The lowest BCUT2D eigenvalue weighted by molar-refractivity contribution is -0.119. The second kappa shape index (κ2) is 20.5. The number of sulfonamides is 1. The Kier molecular flexibility index (Phi) is 13.8. The van der Waals surface area contributed by atoms with Crippen LogP contribution in [0.15, 0.2) is 52.8 Å². The topological polar surface area (TPSA) is 244 Å². The summed E-state index contributed by atoms with van der Waals surface area (Å²) < 4.78 is 87.6. The normalized spacial score (nSPS) is 21.9. The third-order valence-electron chi connectivity index (χ3n) is 16.3. The van der Waals surface area contributed by atoms with E-state index in [1.807, 2.05) is 0 Å². The standard InChI is InChI=1S/C54H65N9O10S2/c64-35(13-3-1-5-19-55-52-45-53(57-31-56-52)63(32-58-45)54-49(66)48(65)42(72-54)30-60-25-26-60)14-4-2-6-20-59-74(67,68)36-17-18-37(43(29-36)75(69,70)71)44-40-27-33-11-7-21-61-23-9-15-38(46(33)61)50(40)73-51-39-16-10-24-62-22-8-12-34(47(39)62)28-41(44)51/h17-18,27-29,31-32,42,48-49,54,59,65-66H,1-16,19-26,30H2,(H-,55,56,57,69,70,71)/t42-,48?,49+,54-/m1/s1. The average Bonchev–Trinajstić information content (AvgIpc) is 4.06. The van der Waals surface area contributed by atoms with Gasteiger partial charge < -0.3 is 34.5 Å². The molecule has 21 heteroatoms. The zero-order chi connectivity index (χ0) is 51.6. The number of ketones is 1. The third-order valence-corrected chi connectivity index (χ3v) is 18.6. The van der Waals surface area contributed by atoms with Crippen molar-refractivity contribution in [3.05, 3.63) is 86.9 Å². The van der Waals surface area contributed by atoms with Crippen LogP contribution in [0.1, 0.15) is 117 Å².